The van der Waals surface area contributed by atoms with Crippen LogP contribution in [0.25, 0.3) is 11.5 Å². The quantitative estimate of drug-likeness (QED) is 0.821. The van der Waals surface area contributed by atoms with Crippen molar-refractivity contribution in [1.82, 2.24) is 15.5 Å². The smallest absolute Gasteiger partial charge is 0.277 e. The summed E-state index contributed by atoms with van der Waals surface area (Å²) in [6, 6.07) is 7.32. The van der Waals surface area contributed by atoms with Gasteiger partial charge in [-0.1, -0.05) is 11.8 Å². The van der Waals surface area contributed by atoms with Crippen LogP contribution in [0.1, 0.15) is 6.92 Å². The molecule has 1 amide bonds. The molecule has 2 rings (SSSR count). The maximum Gasteiger partial charge on any atom is 0.277 e. The van der Waals surface area contributed by atoms with Gasteiger partial charge >= 0.3 is 0 Å². The van der Waals surface area contributed by atoms with Crippen LogP contribution in [0.2, 0.25) is 0 Å². The Morgan fingerprint density at radius 3 is 2.75 bits per heavy atom. The third-order valence-corrected chi connectivity index (χ3v) is 3.26. The molecule has 0 unspecified atom stereocenters. The number of carbonyl (C=O) groups excluding carboxylic acids is 1. The van der Waals surface area contributed by atoms with Crippen molar-refractivity contribution in [3.8, 4) is 17.2 Å². The Morgan fingerprint density at radius 2 is 2.10 bits per heavy atom. The molecule has 1 aromatic carbocycles. The minimum Gasteiger partial charge on any atom is -0.497 e. The van der Waals surface area contributed by atoms with Gasteiger partial charge in [0.1, 0.15) is 5.75 Å². The lowest BCUT2D eigenvalue weighted by atomic mass is 10.2. The van der Waals surface area contributed by atoms with Gasteiger partial charge in [-0.2, -0.15) is 0 Å². The van der Waals surface area contributed by atoms with Crippen LogP contribution in [0.3, 0.4) is 0 Å². The normalized spacial score (nSPS) is 10.3. The first kappa shape index (κ1) is 14.4. The summed E-state index contributed by atoms with van der Waals surface area (Å²) in [7, 11) is 1.61. The molecule has 0 aliphatic carbocycles. The summed E-state index contributed by atoms with van der Waals surface area (Å²) in [6.07, 6.45) is 0. The van der Waals surface area contributed by atoms with Gasteiger partial charge in [0, 0.05) is 12.1 Å². The standard InChI is InChI=1S/C13H15N3O3S/c1-3-14-11(17)8-20-13-16-15-12(19-13)9-4-6-10(18-2)7-5-9/h4-7H,3,8H2,1-2H3,(H,14,17). The van der Waals surface area contributed by atoms with E-state index in [1.807, 2.05) is 31.2 Å². The molecule has 1 aromatic heterocycles. The molecule has 0 aliphatic heterocycles. The van der Waals surface area contributed by atoms with Gasteiger partial charge in [0.25, 0.3) is 5.22 Å². The molecule has 0 saturated carbocycles. The zero-order valence-corrected chi connectivity index (χ0v) is 12.1. The number of hydrogen-bond acceptors (Lipinski definition) is 6. The molecule has 0 bridgehead atoms. The van der Waals surface area contributed by atoms with E-state index in [4.69, 9.17) is 9.15 Å². The number of aromatic nitrogens is 2. The Kier molecular flexibility index (Phi) is 5.00. The first-order valence-electron chi connectivity index (χ1n) is 6.10. The molecular weight excluding hydrogens is 278 g/mol. The number of hydrogen-bond donors (Lipinski definition) is 1. The number of nitrogens with one attached hydrogen (secondary N) is 1. The van der Waals surface area contributed by atoms with Crippen LogP contribution in [0.15, 0.2) is 33.9 Å². The third kappa shape index (κ3) is 3.74. The van der Waals surface area contributed by atoms with Crippen LogP contribution in [0, 0.1) is 0 Å². The van der Waals surface area contributed by atoms with Crippen LogP contribution in [-0.4, -0.2) is 35.5 Å². The van der Waals surface area contributed by atoms with Gasteiger partial charge in [-0.15, -0.1) is 10.2 Å². The van der Waals surface area contributed by atoms with E-state index in [9.17, 15) is 4.79 Å². The number of rotatable bonds is 6. The Bertz CT molecular complexity index is 568. The van der Waals surface area contributed by atoms with Gasteiger partial charge < -0.3 is 14.5 Å². The number of nitrogens with zero attached hydrogens (tertiary/aromatic N) is 2. The summed E-state index contributed by atoms with van der Waals surface area (Å²) < 4.78 is 10.6. The van der Waals surface area contributed by atoms with Crippen molar-refractivity contribution in [3.63, 3.8) is 0 Å². The van der Waals surface area contributed by atoms with Crippen LogP contribution >= 0.6 is 11.8 Å². The van der Waals surface area contributed by atoms with E-state index in [1.54, 1.807) is 7.11 Å². The highest BCUT2D eigenvalue weighted by atomic mass is 32.2. The summed E-state index contributed by atoms with van der Waals surface area (Å²) in [4.78, 5) is 11.3. The molecule has 7 heteroatoms. The zero-order chi connectivity index (χ0) is 14.4. The monoisotopic (exact) mass is 293 g/mol. The van der Waals surface area contributed by atoms with Gasteiger partial charge in [-0.25, -0.2) is 0 Å². The molecule has 1 N–H and O–H groups in total. The molecule has 2 aromatic rings. The Hall–Kier alpha value is -2.02. The van der Waals surface area contributed by atoms with E-state index in [1.165, 1.54) is 11.8 Å². The molecule has 0 spiro atoms. The molecule has 0 atom stereocenters. The Morgan fingerprint density at radius 1 is 1.35 bits per heavy atom. The van der Waals surface area contributed by atoms with Crippen LogP contribution < -0.4 is 10.1 Å². The van der Waals surface area contributed by atoms with Gasteiger partial charge in [-0.05, 0) is 31.2 Å². The summed E-state index contributed by atoms with van der Waals surface area (Å²) in [6.45, 7) is 2.48. The number of carbonyl (C=O) groups is 1. The van der Waals surface area contributed by atoms with Gasteiger partial charge in [-0.3, -0.25) is 4.79 Å². The van der Waals surface area contributed by atoms with Crippen LogP contribution in [-0.2, 0) is 4.79 Å². The number of ether oxygens (including phenoxy) is 1. The lowest BCUT2D eigenvalue weighted by Gasteiger charge is -1.99. The molecule has 106 valence electrons. The molecule has 20 heavy (non-hydrogen) atoms. The first-order valence-corrected chi connectivity index (χ1v) is 7.09. The fraction of sp³-hybridized carbons (Fsp3) is 0.308. The predicted octanol–water partition coefficient (Wildman–Crippen LogP) is 1.97. The summed E-state index contributed by atoms with van der Waals surface area (Å²) >= 11 is 1.21. The number of amides is 1. The van der Waals surface area contributed by atoms with Crippen molar-refractivity contribution in [2.24, 2.45) is 0 Å². The average molecular weight is 293 g/mol. The lowest BCUT2D eigenvalue weighted by molar-refractivity contribution is -0.118. The number of thioether (sulfide) groups is 1. The molecule has 1 heterocycles. The number of benzene rings is 1. The second kappa shape index (κ2) is 6.95. The zero-order valence-electron chi connectivity index (χ0n) is 11.3. The van der Waals surface area contributed by atoms with Crippen molar-refractivity contribution in [2.75, 3.05) is 19.4 Å². The highest BCUT2D eigenvalue weighted by molar-refractivity contribution is 7.99. The van der Waals surface area contributed by atoms with Crippen molar-refractivity contribution in [2.45, 2.75) is 12.1 Å². The molecule has 0 aliphatic rings. The van der Waals surface area contributed by atoms with E-state index in [2.05, 4.69) is 15.5 Å². The largest absolute Gasteiger partial charge is 0.497 e. The summed E-state index contributed by atoms with van der Waals surface area (Å²) in [5, 5.41) is 10.9. The molecule has 0 radical (unpaired) electrons. The van der Waals surface area contributed by atoms with E-state index in [0.717, 1.165) is 11.3 Å². The fourth-order valence-corrected chi connectivity index (χ4v) is 2.09. The van der Waals surface area contributed by atoms with E-state index >= 15 is 0 Å². The maximum atomic E-state index is 11.3. The molecule has 0 saturated heterocycles. The van der Waals surface area contributed by atoms with E-state index in [-0.39, 0.29) is 11.7 Å². The predicted molar refractivity (Wildman–Crippen MR) is 75.7 cm³/mol. The molecular formula is C13H15N3O3S. The summed E-state index contributed by atoms with van der Waals surface area (Å²) in [5.41, 5.74) is 0.808. The minimum atomic E-state index is -0.0540. The SMILES string of the molecule is CCNC(=O)CSc1nnc(-c2ccc(OC)cc2)o1. The average Bonchev–Trinajstić information content (AvgIpc) is 2.94. The van der Waals surface area contributed by atoms with Crippen LogP contribution in [0.5, 0.6) is 5.75 Å². The van der Waals surface area contributed by atoms with Crippen molar-refractivity contribution >= 4 is 17.7 Å². The maximum absolute atomic E-state index is 11.3. The van der Waals surface area contributed by atoms with Crippen molar-refractivity contribution < 1.29 is 13.9 Å². The van der Waals surface area contributed by atoms with E-state index in [0.29, 0.717) is 17.7 Å². The van der Waals surface area contributed by atoms with Crippen molar-refractivity contribution in [1.29, 1.82) is 0 Å². The van der Waals surface area contributed by atoms with Crippen molar-refractivity contribution in [3.05, 3.63) is 24.3 Å². The second-order valence-electron chi connectivity index (χ2n) is 3.84. The third-order valence-electron chi connectivity index (χ3n) is 2.44. The second-order valence-corrected chi connectivity index (χ2v) is 4.77. The van der Waals surface area contributed by atoms with Gasteiger partial charge in [0.2, 0.25) is 11.8 Å². The molecule has 0 fully saturated rings. The first-order chi connectivity index (χ1) is 9.72. The topological polar surface area (TPSA) is 77.2 Å². The Balaban J connectivity index is 1.99. The van der Waals surface area contributed by atoms with Crippen LogP contribution in [0.4, 0.5) is 0 Å². The summed E-state index contributed by atoms with van der Waals surface area (Å²) in [5.74, 6) is 1.39. The van der Waals surface area contributed by atoms with Gasteiger partial charge in [0.15, 0.2) is 0 Å². The van der Waals surface area contributed by atoms with E-state index < -0.39 is 0 Å². The Labute approximate surface area is 120 Å². The minimum absolute atomic E-state index is 0.0540. The number of methoxy groups -OCH3 is 1. The lowest BCUT2D eigenvalue weighted by Crippen LogP contribution is -2.24. The molecule has 6 nitrogen and oxygen atoms in total. The fourth-order valence-electron chi connectivity index (χ4n) is 1.49. The highest BCUT2D eigenvalue weighted by Gasteiger charge is 2.10. The van der Waals surface area contributed by atoms with Gasteiger partial charge in [0.05, 0.1) is 12.9 Å². The highest BCUT2D eigenvalue weighted by Crippen LogP contribution is 2.24.